The molecule has 1 saturated heterocycles. The molecule has 0 radical (unpaired) electrons. The summed E-state index contributed by atoms with van der Waals surface area (Å²) in [6.07, 6.45) is -1.98. The van der Waals surface area contributed by atoms with Crippen LogP contribution in [0, 0.1) is 0 Å². The van der Waals surface area contributed by atoms with Crippen molar-refractivity contribution in [2.75, 3.05) is 59.4 Å². The van der Waals surface area contributed by atoms with Crippen LogP contribution in [0.5, 0.6) is 0 Å². The van der Waals surface area contributed by atoms with Crippen molar-refractivity contribution in [1.29, 1.82) is 0 Å². The van der Waals surface area contributed by atoms with E-state index in [-0.39, 0.29) is 24.0 Å². The van der Waals surface area contributed by atoms with Gasteiger partial charge in [0.15, 0.2) is 5.96 Å². The summed E-state index contributed by atoms with van der Waals surface area (Å²) in [5.74, 6) is 0.794. The first-order chi connectivity index (χ1) is 11.8. The number of nitrogens with one attached hydrogen (secondary N) is 1. The van der Waals surface area contributed by atoms with Crippen molar-refractivity contribution in [2.24, 2.45) is 4.99 Å². The molecular formula is C17H35F3IN5. The lowest BCUT2D eigenvalue weighted by Crippen LogP contribution is -2.56. The Bertz CT molecular complexity index is 394. The summed E-state index contributed by atoms with van der Waals surface area (Å²) >= 11 is 0. The highest BCUT2D eigenvalue weighted by molar-refractivity contribution is 14.0. The minimum Gasteiger partial charge on any atom is -0.356 e. The predicted octanol–water partition coefficient (Wildman–Crippen LogP) is 2.87. The van der Waals surface area contributed by atoms with E-state index in [4.69, 9.17) is 0 Å². The number of alkyl halides is 3. The number of unbranched alkanes of at least 4 members (excludes halogenated alkanes) is 1. The molecule has 5 nitrogen and oxygen atoms in total. The van der Waals surface area contributed by atoms with Gasteiger partial charge in [-0.05, 0) is 39.4 Å². The molecule has 0 saturated carbocycles. The first kappa shape index (κ1) is 25.7. The quantitative estimate of drug-likeness (QED) is 0.244. The van der Waals surface area contributed by atoms with Crippen LogP contribution < -0.4 is 5.32 Å². The first-order valence-corrected chi connectivity index (χ1v) is 9.32. The number of rotatable bonds is 8. The summed E-state index contributed by atoms with van der Waals surface area (Å²) in [7, 11) is 1.73. The van der Waals surface area contributed by atoms with Gasteiger partial charge >= 0.3 is 6.18 Å². The topological polar surface area (TPSA) is 34.1 Å². The van der Waals surface area contributed by atoms with Crippen molar-refractivity contribution in [3.8, 4) is 0 Å². The Kier molecular flexibility index (Phi) is 12.8. The van der Waals surface area contributed by atoms with Crippen LogP contribution in [0.4, 0.5) is 13.2 Å². The number of hydrogen-bond acceptors (Lipinski definition) is 3. The van der Waals surface area contributed by atoms with Gasteiger partial charge in [-0.2, -0.15) is 13.2 Å². The van der Waals surface area contributed by atoms with Gasteiger partial charge in [-0.1, -0.05) is 13.8 Å². The lowest BCUT2D eigenvalue weighted by Gasteiger charge is -2.39. The molecule has 156 valence electrons. The molecule has 0 spiro atoms. The molecular weight excluding hydrogens is 458 g/mol. The monoisotopic (exact) mass is 493 g/mol. The highest BCUT2D eigenvalue weighted by Crippen LogP contribution is 2.25. The molecule has 1 rings (SSSR count). The van der Waals surface area contributed by atoms with Crippen LogP contribution in [0.3, 0.4) is 0 Å². The number of nitrogens with zero attached hydrogens (tertiary/aromatic N) is 4. The smallest absolute Gasteiger partial charge is 0.356 e. The molecule has 0 aliphatic carbocycles. The fourth-order valence-electron chi connectivity index (χ4n) is 3.06. The van der Waals surface area contributed by atoms with Crippen LogP contribution in [-0.2, 0) is 0 Å². The van der Waals surface area contributed by atoms with Gasteiger partial charge in [0.2, 0.25) is 0 Å². The molecule has 0 aromatic carbocycles. The third-order valence-corrected chi connectivity index (χ3v) is 4.93. The Hall–Kier alpha value is -0.290. The fraction of sp³-hybridized carbons (Fsp3) is 0.941. The van der Waals surface area contributed by atoms with Crippen LogP contribution in [0.25, 0.3) is 0 Å². The molecule has 1 aliphatic rings. The molecule has 1 unspecified atom stereocenters. The van der Waals surface area contributed by atoms with Crippen LogP contribution in [0.15, 0.2) is 4.99 Å². The molecule has 0 bridgehead atoms. The number of guanidine groups is 1. The molecule has 1 atom stereocenters. The van der Waals surface area contributed by atoms with Gasteiger partial charge < -0.3 is 15.1 Å². The number of piperazine rings is 1. The van der Waals surface area contributed by atoms with Gasteiger partial charge in [0.25, 0.3) is 0 Å². The molecule has 26 heavy (non-hydrogen) atoms. The van der Waals surface area contributed by atoms with Crippen molar-refractivity contribution in [2.45, 2.75) is 45.8 Å². The van der Waals surface area contributed by atoms with E-state index in [0.717, 1.165) is 45.0 Å². The second-order valence-electron chi connectivity index (χ2n) is 6.45. The summed E-state index contributed by atoms with van der Waals surface area (Å²) in [5.41, 5.74) is 0. The van der Waals surface area contributed by atoms with Gasteiger partial charge in [0.05, 0.1) is 0 Å². The van der Waals surface area contributed by atoms with Gasteiger partial charge in [-0.15, -0.1) is 24.0 Å². The Morgan fingerprint density at radius 2 is 1.69 bits per heavy atom. The standard InChI is InChI=1S/C17H34F3N5.HI/c1-5-23(6-2)10-8-7-9-22-16(21-4)25-13-11-24(12-14-25)15(3)17(18,19)20;/h15H,5-14H2,1-4H3,(H,21,22);1H. The Morgan fingerprint density at radius 3 is 2.15 bits per heavy atom. The molecule has 0 aromatic rings. The fourth-order valence-corrected chi connectivity index (χ4v) is 3.06. The summed E-state index contributed by atoms with van der Waals surface area (Å²) < 4.78 is 38.4. The minimum absolute atomic E-state index is 0. The average Bonchev–Trinajstić information content (AvgIpc) is 2.60. The molecule has 1 aliphatic heterocycles. The minimum atomic E-state index is -4.16. The van der Waals surface area contributed by atoms with Crippen LogP contribution in [0.1, 0.15) is 33.6 Å². The SMILES string of the molecule is CCN(CC)CCCCNC(=NC)N1CCN(C(C)C(F)(F)F)CC1.I. The zero-order valence-electron chi connectivity index (χ0n) is 16.5. The zero-order valence-corrected chi connectivity index (χ0v) is 18.8. The van der Waals surface area contributed by atoms with Crippen molar-refractivity contribution in [1.82, 2.24) is 20.0 Å². The van der Waals surface area contributed by atoms with Gasteiger partial charge in [-0.25, -0.2) is 0 Å². The molecule has 1 fully saturated rings. The van der Waals surface area contributed by atoms with Gasteiger partial charge in [0, 0.05) is 39.8 Å². The number of hydrogen-bond donors (Lipinski definition) is 1. The van der Waals surface area contributed by atoms with Crippen molar-refractivity contribution in [3.63, 3.8) is 0 Å². The van der Waals surface area contributed by atoms with Crippen LogP contribution in [0.2, 0.25) is 0 Å². The van der Waals surface area contributed by atoms with Crippen LogP contribution >= 0.6 is 24.0 Å². The van der Waals surface area contributed by atoms with E-state index in [9.17, 15) is 13.2 Å². The highest BCUT2D eigenvalue weighted by atomic mass is 127. The van der Waals surface area contributed by atoms with E-state index in [1.807, 2.05) is 4.90 Å². The zero-order chi connectivity index (χ0) is 18.9. The van der Waals surface area contributed by atoms with E-state index in [1.54, 1.807) is 7.05 Å². The first-order valence-electron chi connectivity index (χ1n) is 9.32. The third kappa shape index (κ3) is 8.60. The molecule has 1 heterocycles. The van der Waals surface area contributed by atoms with Crippen molar-refractivity contribution in [3.05, 3.63) is 0 Å². The van der Waals surface area contributed by atoms with Gasteiger partial charge in [0.1, 0.15) is 6.04 Å². The maximum Gasteiger partial charge on any atom is 0.403 e. The van der Waals surface area contributed by atoms with Crippen molar-refractivity contribution >= 4 is 29.9 Å². The molecule has 1 N–H and O–H groups in total. The number of halogens is 4. The summed E-state index contributed by atoms with van der Waals surface area (Å²) in [6, 6.07) is -1.38. The average molecular weight is 493 g/mol. The lowest BCUT2D eigenvalue weighted by atomic mass is 10.2. The molecule has 0 amide bonds. The maximum atomic E-state index is 12.8. The largest absolute Gasteiger partial charge is 0.403 e. The van der Waals surface area contributed by atoms with Crippen molar-refractivity contribution < 1.29 is 13.2 Å². The molecule has 0 aromatic heterocycles. The maximum absolute atomic E-state index is 12.8. The Labute approximate surface area is 173 Å². The highest BCUT2D eigenvalue weighted by Gasteiger charge is 2.41. The lowest BCUT2D eigenvalue weighted by molar-refractivity contribution is -0.181. The summed E-state index contributed by atoms with van der Waals surface area (Å²) in [4.78, 5) is 10.2. The predicted molar refractivity (Wildman–Crippen MR) is 112 cm³/mol. The molecule has 9 heteroatoms. The van der Waals surface area contributed by atoms with E-state index >= 15 is 0 Å². The Morgan fingerprint density at radius 1 is 1.12 bits per heavy atom. The van der Waals surface area contributed by atoms with E-state index in [2.05, 4.69) is 29.1 Å². The summed E-state index contributed by atoms with van der Waals surface area (Å²) in [5, 5.41) is 3.34. The summed E-state index contributed by atoms with van der Waals surface area (Å²) in [6.45, 7) is 11.6. The normalized spacial score (nSPS) is 18.0. The van der Waals surface area contributed by atoms with E-state index in [0.29, 0.717) is 26.2 Å². The number of aliphatic imine (C=N–C) groups is 1. The van der Waals surface area contributed by atoms with E-state index in [1.165, 1.54) is 11.8 Å². The second-order valence-corrected chi connectivity index (χ2v) is 6.45. The van der Waals surface area contributed by atoms with Crippen LogP contribution in [-0.4, -0.2) is 92.3 Å². The van der Waals surface area contributed by atoms with Gasteiger partial charge in [-0.3, -0.25) is 9.89 Å². The second kappa shape index (κ2) is 13.0. The third-order valence-electron chi connectivity index (χ3n) is 4.93. The Balaban J connectivity index is 0.00000625. The van der Waals surface area contributed by atoms with E-state index < -0.39 is 12.2 Å².